The Morgan fingerprint density at radius 1 is 1.06 bits per heavy atom. The van der Waals surface area contributed by atoms with Crippen molar-refractivity contribution >= 4 is 5.82 Å². The monoisotopic (exact) mass is 233 g/mol. The van der Waals surface area contributed by atoms with Gasteiger partial charge in [-0.1, -0.05) is 0 Å². The third kappa shape index (κ3) is 2.14. The Morgan fingerprint density at radius 3 is 2.94 bits per heavy atom. The van der Waals surface area contributed by atoms with Gasteiger partial charge in [0.1, 0.15) is 11.6 Å². The van der Waals surface area contributed by atoms with Gasteiger partial charge in [0.25, 0.3) is 0 Å². The summed E-state index contributed by atoms with van der Waals surface area (Å²) in [5.41, 5.74) is 2.66. The highest BCUT2D eigenvalue weighted by Gasteiger charge is 2.22. The molecule has 2 aliphatic rings. The molecule has 1 fully saturated rings. The molecule has 0 amide bonds. The molecule has 0 spiro atoms. The third-order valence-electron chi connectivity index (χ3n) is 3.54. The topological polar surface area (TPSA) is 38.2 Å². The van der Waals surface area contributed by atoms with Crippen LogP contribution in [0, 0.1) is 6.92 Å². The summed E-state index contributed by atoms with van der Waals surface area (Å²) in [6.07, 6.45) is 4.58. The van der Waals surface area contributed by atoms with E-state index in [0.717, 1.165) is 51.4 Å². The molecular weight excluding hydrogens is 214 g/mol. The Kier molecular flexibility index (Phi) is 2.97. The normalized spacial score (nSPS) is 20.2. The van der Waals surface area contributed by atoms with Gasteiger partial charge in [0.15, 0.2) is 0 Å². The number of anilines is 1. The van der Waals surface area contributed by atoms with Crippen LogP contribution in [0.15, 0.2) is 0 Å². The van der Waals surface area contributed by atoms with Gasteiger partial charge in [-0.25, -0.2) is 9.97 Å². The number of aromatic nitrogens is 2. The van der Waals surface area contributed by atoms with Crippen molar-refractivity contribution in [2.24, 2.45) is 0 Å². The minimum Gasteiger partial charge on any atom is -0.380 e. The number of hydrogen-bond donors (Lipinski definition) is 0. The molecule has 1 aliphatic heterocycles. The van der Waals surface area contributed by atoms with Crippen molar-refractivity contribution in [2.75, 3.05) is 31.2 Å². The van der Waals surface area contributed by atoms with Crippen LogP contribution in [0.1, 0.15) is 29.9 Å². The fraction of sp³-hybridized carbons (Fsp3) is 0.692. The highest BCUT2D eigenvalue weighted by Crippen LogP contribution is 2.29. The first kappa shape index (κ1) is 11.0. The minimum atomic E-state index is 0.817. The Balaban J connectivity index is 1.95. The van der Waals surface area contributed by atoms with E-state index in [2.05, 4.69) is 14.9 Å². The standard InChI is InChI=1S/C13H19N3O/c1-10-14-12-5-2-4-11(12)13(15-10)16-6-3-8-17-9-7-16/h2-9H2,1H3. The SMILES string of the molecule is Cc1nc2c(c(N3CCCOCC3)n1)CCC2. The highest BCUT2D eigenvalue weighted by atomic mass is 16.5. The molecule has 0 radical (unpaired) electrons. The lowest BCUT2D eigenvalue weighted by molar-refractivity contribution is 0.152. The predicted molar refractivity (Wildman–Crippen MR) is 66.4 cm³/mol. The molecule has 1 saturated heterocycles. The Bertz CT molecular complexity index is 411. The Morgan fingerprint density at radius 2 is 2.00 bits per heavy atom. The first-order chi connectivity index (χ1) is 8.34. The van der Waals surface area contributed by atoms with E-state index in [1.165, 1.54) is 23.5 Å². The van der Waals surface area contributed by atoms with Gasteiger partial charge in [-0.05, 0) is 32.6 Å². The average Bonchev–Trinajstić information content (AvgIpc) is 2.62. The van der Waals surface area contributed by atoms with Crippen molar-refractivity contribution in [3.63, 3.8) is 0 Å². The average molecular weight is 233 g/mol. The molecule has 17 heavy (non-hydrogen) atoms. The molecule has 0 saturated carbocycles. The Labute approximate surface area is 102 Å². The molecule has 1 aromatic heterocycles. The van der Waals surface area contributed by atoms with Gasteiger partial charge in [0, 0.05) is 31.0 Å². The van der Waals surface area contributed by atoms with Gasteiger partial charge in [-0.15, -0.1) is 0 Å². The van der Waals surface area contributed by atoms with E-state index in [-0.39, 0.29) is 0 Å². The van der Waals surface area contributed by atoms with Gasteiger partial charge < -0.3 is 9.64 Å². The summed E-state index contributed by atoms with van der Waals surface area (Å²) in [5.74, 6) is 2.08. The fourth-order valence-electron chi connectivity index (χ4n) is 2.75. The lowest BCUT2D eigenvalue weighted by Gasteiger charge is -2.23. The van der Waals surface area contributed by atoms with Crippen LogP contribution in [0.2, 0.25) is 0 Å². The summed E-state index contributed by atoms with van der Waals surface area (Å²) >= 11 is 0. The van der Waals surface area contributed by atoms with Gasteiger partial charge in [-0.3, -0.25) is 0 Å². The summed E-state index contributed by atoms with van der Waals surface area (Å²) in [4.78, 5) is 11.6. The van der Waals surface area contributed by atoms with Gasteiger partial charge in [0.05, 0.1) is 6.61 Å². The molecule has 1 aromatic rings. The number of fused-ring (bicyclic) bond motifs is 1. The van der Waals surface area contributed by atoms with Crippen LogP contribution >= 0.6 is 0 Å². The van der Waals surface area contributed by atoms with Crippen LogP contribution in [0.5, 0.6) is 0 Å². The molecule has 3 rings (SSSR count). The van der Waals surface area contributed by atoms with Crippen LogP contribution in [-0.2, 0) is 17.6 Å². The molecule has 4 nitrogen and oxygen atoms in total. The van der Waals surface area contributed by atoms with Gasteiger partial charge in [-0.2, -0.15) is 0 Å². The van der Waals surface area contributed by atoms with Crippen molar-refractivity contribution in [2.45, 2.75) is 32.6 Å². The van der Waals surface area contributed by atoms with Crippen LogP contribution in [-0.4, -0.2) is 36.3 Å². The maximum atomic E-state index is 5.51. The smallest absolute Gasteiger partial charge is 0.135 e. The zero-order valence-corrected chi connectivity index (χ0v) is 10.4. The Hall–Kier alpha value is -1.16. The molecule has 2 heterocycles. The zero-order valence-electron chi connectivity index (χ0n) is 10.4. The van der Waals surface area contributed by atoms with E-state index in [4.69, 9.17) is 4.74 Å². The minimum absolute atomic E-state index is 0.817. The van der Waals surface area contributed by atoms with Crippen molar-refractivity contribution in [3.05, 3.63) is 17.1 Å². The summed E-state index contributed by atoms with van der Waals surface area (Å²) in [6.45, 7) is 5.71. The van der Waals surface area contributed by atoms with E-state index in [9.17, 15) is 0 Å². The van der Waals surface area contributed by atoms with Gasteiger partial charge in [0.2, 0.25) is 0 Å². The molecule has 0 bridgehead atoms. The maximum absolute atomic E-state index is 5.51. The van der Waals surface area contributed by atoms with Crippen molar-refractivity contribution in [1.29, 1.82) is 0 Å². The van der Waals surface area contributed by atoms with E-state index >= 15 is 0 Å². The summed E-state index contributed by atoms with van der Waals surface area (Å²) < 4.78 is 5.51. The largest absolute Gasteiger partial charge is 0.380 e. The molecular formula is C13H19N3O. The molecule has 0 aromatic carbocycles. The summed E-state index contributed by atoms with van der Waals surface area (Å²) in [5, 5.41) is 0. The lowest BCUT2D eigenvalue weighted by Crippen LogP contribution is -2.28. The highest BCUT2D eigenvalue weighted by molar-refractivity contribution is 5.51. The molecule has 1 aliphatic carbocycles. The fourth-order valence-corrected chi connectivity index (χ4v) is 2.75. The molecule has 92 valence electrons. The number of ether oxygens (including phenoxy) is 1. The van der Waals surface area contributed by atoms with E-state index in [0.29, 0.717) is 0 Å². The van der Waals surface area contributed by atoms with Crippen LogP contribution in [0.25, 0.3) is 0 Å². The summed E-state index contributed by atoms with van der Waals surface area (Å²) in [6, 6.07) is 0. The zero-order chi connectivity index (χ0) is 11.7. The number of rotatable bonds is 1. The van der Waals surface area contributed by atoms with Crippen LogP contribution < -0.4 is 4.90 Å². The van der Waals surface area contributed by atoms with E-state index < -0.39 is 0 Å². The summed E-state index contributed by atoms with van der Waals surface area (Å²) in [7, 11) is 0. The van der Waals surface area contributed by atoms with Crippen molar-refractivity contribution < 1.29 is 4.74 Å². The molecule has 4 heteroatoms. The number of nitrogens with zero attached hydrogens (tertiary/aromatic N) is 3. The third-order valence-corrected chi connectivity index (χ3v) is 3.54. The van der Waals surface area contributed by atoms with Crippen molar-refractivity contribution in [3.8, 4) is 0 Å². The lowest BCUT2D eigenvalue weighted by atomic mass is 10.2. The molecule has 0 atom stereocenters. The second kappa shape index (κ2) is 4.61. The van der Waals surface area contributed by atoms with Crippen LogP contribution in [0.4, 0.5) is 5.82 Å². The van der Waals surface area contributed by atoms with E-state index in [1.807, 2.05) is 6.92 Å². The quantitative estimate of drug-likeness (QED) is 0.737. The predicted octanol–water partition coefficient (Wildman–Crippen LogP) is 1.50. The van der Waals surface area contributed by atoms with E-state index in [1.54, 1.807) is 0 Å². The first-order valence-electron chi connectivity index (χ1n) is 6.53. The number of aryl methyl sites for hydroxylation is 2. The first-order valence-corrected chi connectivity index (χ1v) is 6.53. The second-order valence-electron chi connectivity index (χ2n) is 4.83. The number of hydrogen-bond acceptors (Lipinski definition) is 4. The molecule has 0 unspecified atom stereocenters. The van der Waals surface area contributed by atoms with Crippen molar-refractivity contribution in [1.82, 2.24) is 9.97 Å². The maximum Gasteiger partial charge on any atom is 0.135 e. The molecule has 0 N–H and O–H groups in total. The van der Waals surface area contributed by atoms with Crippen LogP contribution in [0.3, 0.4) is 0 Å². The van der Waals surface area contributed by atoms with Gasteiger partial charge >= 0.3 is 0 Å². The second-order valence-corrected chi connectivity index (χ2v) is 4.83.